The lowest BCUT2D eigenvalue weighted by atomic mass is 10.1. The Hall–Kier alpha value is -1.75. The van der Waals surface area contributed by atoms with Gasteiger partial charge in [-0.05, 0) is 12.3 Å². The normalized spacial score (nSPS) is 10.7. The lowest BCUT2D eigenvalue weighted by Gasteiger charge is -2.11. The van der Waals surface area contributed by atoms with Crippen molar-refractivity contribution in [3.8, 4) is 0 Å². The third-order valence-electron chi connectivity index (χ3n) is 2.77. The number of hydrogen-bond donors (Lipinski definition) is 1. The van der Waals surface area contributed by atoms with Gasteiger partial charge in [-0.25, -0.2) is 4.79 Å². The zero-order valence-electron chi connectivity index (χ0n) is 9.92. The van der Waals surface area contributed by atoms with Gasteiger partial charge in [0.2, 0.25) is 0 Å². The van der Waals surface area contributed by atoms with E-state index < -0.39 is 5.97 Å². The highest BCUT2D eigenvalue weighted by molar-refractivity contribution is 7.98. The Morgan fingerprint density at radius 1 is 1.39 bits per heavy atom. The third kappa shape index (κ3) is 2.26. The fourth-order valence-corrected chi connectivity index (χ4v) is 2.29. The molecule has 0 aliphatic carbocycles. The molecule has 1 aromatic carbocycles. The number of carboxylic acids is 1. The number of nitrogens with zero attached hydrogens (tertiary/aromatic N) is 1. The molecule has 0 radical (unpaired) electrons. The number of aromatic carboxylic acids is 1. The number of thioether (sulfide) groups is 1. The van der Waals surface area contributed by atoms with Gasteiger partial charge >= 0.3 is 5.97 Å². The monoisotopic (exact) mass is 263 g/mol. The minimum Gasteiger partial charge on any atom is -0.478 e. The zero-order chi connectivity index (χ0) is 13.1. The molecule has 0 spiro atoms. The van der Waals surface area contributed by atoms with E-state index in [2.05, 4.69) is 0 Å². The summed E-state index contributed by atoms with van der Waals surface area (Å²) >= 11 is 1.65. The second kappa shape index (κ2) is 5.27. The number of carboxylic acid groups (broad SMARTS) is 1. The minimum atomic E-state index is -1.07. The Morgan fingerprint density at radius 2 is 2.11 bits per heavy atom. The van der Waals surface area contributed by atoms with Crippen LogP contribution in [-0.4, -0.2) is 27.7 Å². The summed E-state index contributed by atoms with van der Waals surface area (Å²) in [6.45, 7) is 0.584. The zero-order valence-corrected chi connectivity index (χ0v) is 10.7. The van der Waals surface area contributed by atoms with E-state index in [0.29, 0.717) is 17.4 Å². The summed E-state index contributed by atoms with van der Waals surface area (Å²) < 4.78 is 1.62. The molecule has 2 aromatic rings. The first-order valence-corrected chi connectivity index (χ1v) is 6.89. The fourth-order valence-electron chi connectivity index (χ4n) is 1.92. The highest BCUT2D eigenvalue weighted by atomic mass is 32.2. The lowest BCUT2D eigenvalue weighted by Crippen LogP contribution is -2.22. The highest BCUT2D eigenvalue weighted by Gasteiger charge is 2.12. The average molecular weight is 263 g/mol. The highest BCUT2D eigenvalue weighted by Crippen LogP contribution is 2.17. The molecule has 0 bridgehead atoms. The molecule has 4 nitrogen and oxygen atoms in total. The Balaban J connectivity index is 2.73. The first kappa shape index (κ1) is 12.7. The van der Waals surface area contributed by atoms with Gasteiger partial charge in [-0.15, -0.1) is 0 Å². The molecule has 1 aromatic heterocycles. The molecule has 0 aliphatic rings. The van der Waals surface area contributed by atoms with Crippen LogP contribution in [0, 0.1) is 0 Å². The number of aryl methyl sites for hydroxylation is 1. The molecule has 0 aliphatic heterocycles. The number of hydrogen-bond acceptors (Lipinski definition) is 3. The van der Waals surface area contributed by atoms with Crippen LogP contribution in [0.3, 0.4) is 0 Å². The van der Waals surface area contributed by atoms with Gasteiger partial charge in [0.05, 0.1) is 11.1 Å². The summed E-state index contributed by atoms with van der Waals surface area (Å²) in [7, 11) is 0. The van der Waals surface area contributed by atoms with Crippen molar-refractivity contribution in [3.05, 3.63) is 46.2 Å². The Bertz CT molecular complexity index is 648. The van der Waals surface area contributed by atoms with Crippen LogP contribution in [0.15, 0.2) is 35.1 Å². The van der Waals surface area contributed by atoms with Crippen molar-refractivity contribution in [2.24, 2.45) is 0 Å². The number of pyridine rings is 1. The van der Waals surface area contributed by atoms with E-state index in [1.165, 1.54) is 6.07 Å². The Labute approximate surface area is 108 Å². The molecule has 5 heteroatoms. The molecule has 18 heavy (non-hydrogen) atoms. The molecule has 0 amide bonds. The summed E-state index contributed by atoms with van der Waals surface area (Å²) in [5, 5.41) is 9.72. The summed E-state index contributed by atoms with van der Waals surface area (Å²) in [4.78, 5) is 23.1. The van der Waals surface area contributed by atoms with E-state index in [1.54, 1.807) is 34.5 Å². The van der Waals surface area contributed by atoms with E-state index in [9.17, 15) is 9.59 Å². The van der Waals surface area contributed by atoms with Crippen LogP contribution in [0.2, 0.25) is 0 Å². The smallest absolute Gasteiger partial charge is 0.336 e. The lowest BCUT2D eigenvalue weighted by molar-refractivity contribution is 0.0698. The number of aromatic nitrogens is 1. The molecular weight excluding hydrogens is 250 g/mol. The van der Waals surface area contributed by atoms with Gasteiger partial charge in [0.1, 0.15) is 0 Å². The molecular formula is C13H13NO3S. The largest absolute Gasteiger partial charge is 0.478 e. The number of para-hydroxylation sites is 1. The molecule has 1 heterocycles. The molecule has 2 rings (SSSR count). The summed E-state index contributed by atoms with van der Waals surface area (Å²) in [6.07, 6.45) is 1.97. The van der Waals surface area contributed by atoms with Crippen LogP contribution in [0.5, 0.6) is 0 Å². The number of carbonyl (C=O) groups is 1. The molecule has 0 saturated carbocycles. The summed E-state index contributed by atoms with van der Waals surface area (Å²) in [6, 6.07) is 8.30. The summed E-state index contributed by atoms with van der Waals surface area (Å²) in [5.74, 6) is -0.253. The van der Waals surface area contributed by atoms with Crippen molar-refractivity contribution in [3.63, 3.8) is 0 Å². The first-order valence-electron chi connectivity index (χ1n) is 5.50. The van der Waals surface area contributed by atoms with E-state index >= 15 is 0 Å². The van der Waals surface area contributed by atoms with Gasteiger partial charge < -0.3 is 9.67 Å². The van der Waals surface area contributed by atoms with Crippen LogP contribution >= 0.6 is 11.8 Å². The van der Waals surface area contributed by atoms with Gasteiger partial charge in [-0.2, -0.15) is 11.8 Å². The standard InChI is InChI=1S/C13H13NO3S/c1-18-7-6-14-11-5-3-2-4-9(11)10(13(16)17)8-12(14)15/h2-5,8H,6-7H2,1H3,(H,16,17). The predicted octanol–water partition coefficient (Wildman–Crippen LogP) is 2.06. The van der Waals surface area contributed by atoms with Crippen molar-refractivity contribution in [2.45, 2.75) is 6.54 Å². The van der Waals surface area contributed by atoms with Gasteiger partial charge in [0, 0.05) is 23.8 Å². The van der Waals surface area contributed by atoms with Crippen LogP contribution in [0.4, 0.5) is 0 Å². The minimum absolute atomic E-state index is 0.0657. The average Bonchev–Trinajstić information content (AvgIpc) is 2.36. The van der Waals surface area contributed by atoms with Crippen molar-refractivity contribution in [2.75, 3.05) is 12.0 Å². The maximum Gasteiger partial charge on any atom is 0.336 e. The second-order valence-electron chi connectivity index (χ2n) is 3.86. The van der Waals surface area contributed by atoms with Gasteiger partial charge in [-0.3, -0.25) is 4.79 Å². The molecule has 0 fully saturated rings. The second-order valence-corrected chi connectivity index (χ2v) is 4.85. The Kier molecular flexibility index (Phi) is 3.72. The van der Waals surface area contributed by atoms with Crippen LogP contribution in [0.1, 0.15) is 10.4 Å². The third-order valence-corrected chi connectivity index (χ3v) is 3.36. The summed E-state index contributed by atoms with van der Waals surface area (Å²) in [5.41, 5.74) is 0.479. The topological polar surface area (TPSA) is 59.3 Å². The van der Waals surface area contributed by atoms with Gasteiger partial charge in [-0.1, -0.05) is 18.2 Å². The van der Waals surface area contributed by atoms with Crippen molar-refractivity contribution >= 4 is 28.6 Å². The van der Waals surface area contributed by atoms with E-state index in [4.69, 9.17) is 5.11 Å². The van der Waals surface area contributed by atoms with Crippen molar-refractivity contribution in [1.82, 2.24) is 4.57 Å². The van der Waals surface area contributed by atoms with Crippen LogP contribution in [-0.2, 0) is 6.54 Å². The Morgan fingerprint density at radius 3 is 2.78 bits per heavy atom. The maximum absolute atomic E-state index is 12.0. The van der Waals surface area contributed by atoms with Crippen LogP contribution < -0.4 is 5.56 Å². The molecule has 0 unspecified atom stereocenters. The van der Waals surface area contributed by atoms with E-state index in [1.807, 2.05) is 12.3 Å². The molecule has 94 valence electrons. The number of rotatable bonds is 4. The molecule has 1 N–H and O–H groups in total. The first-order chi connectivity index (χ1) is 8.65. The fraction of sp³-hybridized carbons (Fsp3) is 0.231. The SMILES string of the molecule is CSCCn1c(=O)cc(C(=O)O)c2ccccc21. The predicted molar refractivity (Wildman–Crippen MR) is 73.5 cm³/mol. The number of fused-ring (bicyclic) bond motifs is 1. The maximum atomic E-state index is 12.0. The van der Waals surface area contributed by atoms with E-state index in [0.717, 1.165) is 5.75 Å². The van der Waals surface area contributed by atoms with Crippen LogP contribution in [0.25, 0.3) is 10.9 Å². The van der Waals surface area contributed by atoms with Gasteiger partial charge in [0.25, 0.3) is 5.56 Å². The van der Waals surface area contributed by atoms with E-state index in [-0.39, 0.29) is 11.1 Å². The van der Waals surface area contributed by atoms with Crippen molar-refractivity contribution < 1.29 is 9.90 Å². The quantitative estimate of drug-likeness (QED) is 0.917. The molecule has 0 saturated heterocycles. The molecule has 0 atom stereocenters. The van der Waals surface area contributed by atoms with Crippen molar-refractivity contribution in [1.29, 1.82) is 0 Å². The van der Waals surface area contributed by atoms with Gasteiger partial charge in [0.15, 0.2) is 0 Å². The number of benzene rings is 1.